The molecule has 1 aromatic heterocycles. The number of hydrogen-bond donors (Lipinski definition) is 3. The summed E-state index contributed by atoms with van der Waals surface area (Å²) in [5.74, 6) is 6.44. The van der Waals surface area contributed by atoms with E-state index in [1.807, 2.05) is 24.3 Å². The molecule has 0 spiro atoms. The van der Waals surface area contributed by atoms with Gasteiger partial charge in [0.1, 0.15) is 11.9 Å². The van der Waals surface area contributed by atoms with Crippen LogP contribution < -0.4 is 21.3 Å². The Kier molecular flexibility index (Phi) is 4.42. The number of aryl methyl sites for hydroxylation is 1. The van der Waals surface area contributed by atoms with Gasteiger partial charge in [-0.3, -0.25) is 10.8 Å². The number of aliphatic imine (C=N–C) groups is 1. The minimum atomic E-state index is -0.0575. The fraction of sp³-hybridized carbons (Fsp3) is 0.312. The molecule has 3 rings (SSSR count). The fourth-order valence-corrected chi connectivity index (χ4v) is 3.51. The average Bonchev–Trinajstić information content (AvgIpc) is 2.89. The summed E-state index contributed by atoms with van der Waals surface area (Å²) in [7, 11) is 1.67. The van der Waals surface area contributed by atoms with Crippen LogP contribution in [-0.4, -0.2) is 25.5 Å². The molecule has 0 fully saturated rings. The van der Waals surface area contributed by atoms with Gasteiger partial charge in [-0.05, 0) is 36.8 Å². The molecule has 0 bridgehead atoms. The number of methoxy groups -OCH3 is 1. The lowest BCUT2D eigenvalue weighted by Crippen LogP contribution is -2.42. The van der Waals surface area contributed by atoms with Gasteiger partial charge in [0, 0.05) is 16.0 Å². The Bertz CT molecular complexity index is 678. The Morgan fingerprint density at radius 3 is 2.82 bits per heavy atom. The number of anilines is 1. The van der Waals surface area contributed by atoms with Gasteiger partial charge in [-0.1, -0.05) is 6.92 Å². The number of nitrogens with zero attached hydrogens (tertiary/aromatic N) is 1. The van der Waals surface area contributed by atoms with Crippen molar-refractivity contribution in [1.29, 1.82) is 0 Å². The number of ether oxygens (including phenoxy) is 1. The Morgan fingerprint density at radius 1 is 1.41 bits per heavy atom. The third kappa shape index (κ3) is 2.85. The number of nitrogens with one attached hydrogen (secondary N) is 2. The van der Waals surface area contributed by atoms with Gasteiger partial charge in [-0.2, -0.15) is 0 Å². The fourth-order valence-electron chi connectivity index (χ4n) is 2.46. The van der Waals surface area contributed by atoms with Crippen molar-refractivity contribution in [3.05, 3.63) is 46.3 Å². The molecule has 1 aliphatic rings. The highest BCUT2D eigenvalue weighted by atomic mass is 32.1. The van der Waals surface area contributed by atoms with Gasteiger partial charge >= 0.3 is 0 Å². The molecule has 1 atom stereocenters. The second-order valence-electron chi connectivity index (χ2n) is 5.09. The molecule has 4 N–H and O–H groups in total. The van der Waals surface area contributed by atoms with Crippen LogP contribution in [0.2, 0.25) is 0 Å². The predicted octanol–water partition coefficient (Wildman–Crippen LogP) is 2.37. The number of hydrazine groups is 1. The average molecular weight is 316 g/mol. The minimum absolute atomic E-state index is 0.0575. The molecule has 0 radical (unpaired) electrons. The second-order valence-corrected chi connectivity index (χ2v) is 6.23. The molecule has 1 aromatic carbocycles. The normalized spacial score (nSPS) is 17.2. The van der Waals surface area contributed by atoms with E-state index in [2.05, 4.69) is 23.7 Å². The van der Waals surface area contributed by atoms with Gasteiger partial charge in [-0.15, -0.1) is 11.3 Å². The Labute approximate surface area is 134 Å². The summed E-state index contributed by atoms with van der Waals surface area (Å²) >= 11 is 1.76. The number of thiophene rings is 1. The maximum atomic E-state index is 5.60. The van der Waals surface area contributed by atoms with E-state index in [1.54, 1.807) is 18.4 Å². The molecule has 2 heterocycles. The molecule has 0 amide bonds. The maximum Gasteiger partial charge on any atom is 0.118 e. The smallest absolute Gasteiger partial charge is 0.118 e. The SMILES string of the molecule is CCc1cc2c(s1)NC(NN)CN=C2c1ccc(OC)cc1. The molecular weight excluding hydrogens is 296 g/mol. The summed E-state index contributed by atoms with van der Waals surface area (Å²) in [5.41, 5.74) is 6.00. The quantitative estimate of drug-likeness (QED) is 0.598. The van der Waals surface area contributed by atoms with Gasteiger partial charge in [0.05, 0.1) is 24.4 Å². The zero-order valence-corrected chi connectivity index (χ0v) is 13.5. The van der Waals surface area contributed by atoms with E-state index in [9.17, 15) is 0 Å². The number of rotatable bonds is 4. The number of benzene rings is 1. The van der Waals surface area contributed by atoms with Crippen LogP contribution in [0.5, 0.6) is 5.75 Å². The number of fused-ring (bicyclic) bond motifs is 1. The van der Waals surface area contributed by atoms with Gasteiger partial charge in [0.15, 0.2) is 0 Å². The maximum absolute atomic E-state index is 5.60. The van der Waals surface area contributed by atoms with E-state index in [0.717, 1.165) is 34.0 Å². The van der Waals surface area contributed by atoms with E-state index in [0.29, 0.717) is 6.54 Å². The van der Waals surface area contributed by atoms with Crippen molar-refractivity contribution in [2.75, 3.05) is 19.0 Å². The molecule has 0 saturated carbocycles. The summed E-state index contributed by atoms with van der Waals surface area (Å²) < 4.78 is 5.23. The van der Waals surface area contributed by atoms with E-state index in [4.69, 9.17) is 15.6 Å². The number of hydrogen-bond acceptors (Lipinski definition) is 6. The third-order valence-corrected chi connectivity index (χ3v) is 4.90. The summed E-state index contributed by atoms with van der Waals surface area (Å²) in [5, 5.41) is 4.55. The van der Waals surface area contributed by atoms with Crippen molar-refractivity contribution in [3.8, 4) is 5.75 Å². The van der Waals surface area contributed by atoms with E-state index in [1.165, 1.54) is 4.88 Å². The molecule has 1 aliphatic heterocycles. The molecule has 2 aromatic rings. The van der Waals surface area contributed by atoms with Crippen LogP contribution in [0.1, 0.15) is 22.9 Å². The Balaban J connectivity index is 2.04. The van der Waals surface area contributed by atoms with Crippen LogP contribution in [0.3, 0.4) is 0 Å². The topological polar surface area (TPSA) is 71.7 Å². The van der Waals surface area contributed by atoms with Crippen LogP contribution in [-0.2, 0) is 6.42 Å². The molecule has 116 valence electrons. The van der Waals surface area contributed by atoms with Crippen molar-refractivity contribution in [2.45, 2.75) is 19.5 Å². The van der Waals surface area contributed by atoms with Crippen molar-refractivity contribution in [3.63, 3.8) is 0 Å². The molecule has 0 saturated heterocycles. The zero-order chi connectivity index (χ0) is 15.5. The second kappa shape index (κ2) is 6.48. The van der Waals surface area contributed by atoms with Gasteiger partial charge < -0.3 is 10.1 Å². The third-order valence-electron chi connectivity index (χ3n) is 3.69. The highest BCUT2D eigenvalue weighted by Crippen LogP contribution is 2.33. The van der Waals surface area contributed by atoms with Crippen molar-refractivity contribution in [2.24, 2.45) is 10.8 Å². The minimum Gasteiger partial charge on any atom is -0.497 e. The summed E-state index contributed by atoms with van der Waals surface area (Å²) in [6.45, 7) is 2.74. The lowest BCUT2D eigenvalue weighted by Gasteiger charge is -2.13. The molecule has 6 heteroatoms. The molecule has 5 nitrogen and oxygen atoms in total. The highest BCUT2D eigenvalue weighted by molar-refractivity contribution is 7.16. The van der Waals surface area contributed by atoms with Crippen LogP contribution in [0.25, 0.3) is 0 Å². The van der Waals surface area contributed by atoms with Crippen LogP contribution in [0, 0.1) is 0 Å². The van der Waals surface area contributed by atoms with Crippen LogP contribution in [0.4, 0.5) is 5.00 Å². The number of nitrogens with two attached hydrogens (primary N) is 1. The first-order valence-electron chi connectivity index (χ1n) is 7.29. The summed E-state index contributed by atoms with van der Waals surface area (Å²) in [6.07, 6.45) is 0.952. The van der Waals surface area contributed by atoms with Crippen LogP contribution in [0.15, 0.2) is 35.3 Å². The van der Waals surface area contributed by atoms with Gasteiger partial charge in [0.25, 0.3) is 0 Å². The predicted molar refractivity (Wildman–Crippen MR) is 91.9 cm³/mol. The standard InChI is InChI=1S/C16H20N4OS/c1-3-12-8-13-15(10-4-6-11(21-2)7-5-10)18-9-14(20-17)19-16(13)22-12/h4-8,14,19-20H,3,9,17H2,1-2H3. The van der Waals surface area contributed by atoms with Gasteiger partial charge in [0.2, 0.25) is 0 Å². The molecule has 1 unspecified atom stereocenters. The molecule has 22 heavy (non-hydrogen) atoms. The first-order chi connectivity index (χ1) is 10.7. The zero-order valence-electron chi connectivity index (χ0n) is 12.7. The van der Waals surface area contributed by atoms with Crippen molar-refractivity contribution >= 4 is 22.0 Å². The summed E-state index contributed by atoms with van der Waals surface area (Å²) in [4.78, 5) is 6.10. The molecule has 0 aliphatic carbocycles. The Hall–Kier alpha value is -1.89. The summed E-state index contributed by atoms with van der Waals surface area (Å²) in [6, 6.07) is 10.2. The van der Waals surface area contributed by atoms with E-state index in [-0.39, 0.29) is 6.17 Å². The van der Waals surface area contributed by atoms with Crippen molar-refractivity contribution in [1.82, 2.24) is 5.43 Å². The largest absolute Gasteiger partial charge is 0.497 e. The lowest BCUT2D eigenvalue weighted by atomic mass is 10.0. The molecular formula is C16H20N4OS. The lowest BCUT2D eigenvalue weighted by molar-refractivity contribution is 0.415. The van der Waals surface area contributed by atoms with Gasteiger partial charge in [-0.25, -0.2) is 5.43 Å². The van der Waals surface area contributed by atoms with Crippen molar-refractivity contribution < 1.29 is 4.74 Å². The van der Waals surface area contributed by atoms with E-state index < -0.39 is 0 Å². The first kappa shape index (κ1) is 15.0. The van der Waals surface area contributed by atoms with E-state index >= 15 is 0 Å². The first-order valence-corrected chi connectivity index (χ1v) is 8.11. The monoisotopic (exact) mass is 316 g/mol. The van der Waals surface area contributed by atoms with Crippen LogP contribution >= 0.6 is 11.3 Å². The highest BCUT2D eigenvalue weighted by Gasteiger charge is 2.21. The Morgan fingerprint density at radius 2 is 2.18 bits per heavy atom.